The molecule has 0 aliphatic rings. The van der Waals surface area contributed by atoms with Gasteiger partial charge in [0.15, 0.2) is 0 Å². The summed E-state index contributed by atoms with van der Waals surface area (Å²) < 4.78 is 23.4. The van der Waals surface area contributed by atoms with Crippen molar-refractivity contribution in [3.63, 3.8) is 0 Å². The van der Waals surface area contributed by atoms with Crippen LogP contribution in [0.3, 0.4) is 0 Å². The number of nitrogens with one attached hydrogen (secondary N) is 1. The molecular weight excluding hydrogens is 124 g/mol. The Kier molecular flexibility index (Phi) is 3.98. The molecule has 1 atom stereocenters. The van der Waals surface area contributed by atoms with Crippen LogP contribution < -0.4 is 5.32 Å². The zero-order valence-corrected chi connectivity index (χ0v) is 5.20. The molecule has 3 heteroatoms. The van der Waals surface area contributed by atoms with Gasteiger partial charge in [-0.3, -0.25) is 5.32 Å². The lowest BCUT2D eigenvalue weighted by atomic mass is 10.3. The molecule has 0 aromatic rings. The molecule has 0 aliphatic carbocycles. The summed E-state index contributed by atoms with van der Waals surface area (Å²) in [6.45, 7) is 2.20. The Balaban J connectivity index is 3.58. The Morgan fingerprint density at radius 2 is 2.22 bits per heavy atom. The smallest absolute Gasteiger partial charge is 0.264 e. The van der Waals surface area contributed by atoms with Crippen molar-refractivity contribution in [3.8, 4) is 12.3 Å². The lowest BCUT2D eigenvalue weighted by Crippen LogP contribution is -2.33. The maximum atomic E-state index is 11.7. The molecule has 0 spiro atoms. The molecular formula is C6H9F2N. The van der Waals surface area contributed by atoms with Gasteiger partial charge in [0.1, 0.15) is 6.04 Å². The largest absolute Gasteiger partial charge is 0.299 e. The minimum absolute atomic E-state index is 0.471. The van der Waals surface area contributed by atoms with Crippen LogP contribution in [0.25, 0.3) is 0 Å². The van der Waals surface area contributed by atoms with Crippen LogP contribution in [0.15, 0.2) is 0 Å². The first-order valence-electron chi connectivity index (χ1n) is 2.70. The maximum absolute atomic E-state index is 11.7. The second-order valence-electron chi connectivity index (χ2n) is 1.54. The number of halogens is 2. The molecule has 1 unspecified atom stereocenters. The molecule has 0 amide bonds. The molecule has 0 aromatic carbocycles. The first-order valence-corrected chi connectivity index (χ1v) is 2.70. The standard InChI is InChI=1S/C6H9F2N/c1-3-5(6(7)8)9-4-2/h1,5-6,9H,4H2,2H3. The molecule has 0 aliphatic heterocycles. The second-order valence-corrected chi connectivity index (χ2v) is 1.54. The monoisotopic (exact) mass is 133 g/mol. The molecule has 0 aromatic heterocycles. The van der Waals surface area contributed by atoms with E-state index in [-0.39, 0.29) is 0 Å². The fourth-order valence-electron chi connectivity index (χ4n) is 0.441. The van der Waals surface area contributed by atoms with Gasteiger partial charge in [-0.25, -0.2) is 8.78 Å². The van der Waals surface area contributed by atoms with Crippen molar-refractivity contribution in [1.82, 2.24) is 5.32 Å². The number of hydrogen-bond donors (Lipinski definition) is 1. The third-order valence-corrected chi connectivity index (χ3v) is 0.856. The summed E-state index contributed by atoms with van der Waals surface area (Å²) in [5, 5.41) is 2.45. The maximum Gasteiger partial charge on any atom is 0.264 e. The highest BCUT2D eigenvalue weighted by atomic mass is 19.3. The molecule has 0 bridgehead atoms. The summed E-state index contributed by atoms with van der Waals surface area (Å²) in [7, 11) is 0. The SMILES string of the molecule is C#CC(NCC)C(F)F. The van der Waals surface area contributed by atoms with Gasteiger partial charge in [-0.1, -0.05) is 12.8 Å². The average molecular weight is 133 g/mol. The Labute approximate surface area is 53.4 Å². The highest BCUT2D eigenvalue weighted by Gasteiger charge is 2.14. The number of alkyl halides is 2. The summed E-state index contributed by atoms with van der Waals surface area (Å²) in [5.74, 6) is 1.94. The van der Waals surface area contributed by atoms with Crippen LogP contribution in [0, 0.1) is 12.3 Å². The molecule has 9 heavy (non-hydrogen) atoms. The lowest BCUT2D eigenvalue weighted by molar-refractivity contribution is 0.122. The summed E-state index contributed by atoms with van der Waals surface area (Å²) in [6, 6.07) is -1.09. The van der Waals surface area contributed by atoms with Gasteiger partial charge in [0.05, 0.1) is 0 Å². The van der Waals surface area contributed by atoms with E-state index in [2.05, 4.69) is 5.32 Å². The summed E-state index contributed by atoms with van der Waals surface area (Å²) in [4.78, 5) is 0. The van der Waals surface area contributed by atoms with Crippen LogP contribution in [-0.2, 0) is 0 Å². The first kappa shape index (κ1) is 8.38. The topological polar surface area (TPSA) is 12.0 Å². The molecule has 0 saturated carbocycles. The van der Waals surface area contributed by atoms with Gasteiger partial charge in [0, 0.05) is 0 Å². The minimum atomic E-state index is -2.46. The van der Waals surface area contributed by atoms with Crippen molar-refractivity contribution in [2.45, 2.75) is 19.4 Å². The Hall–Kier alpha value is -0.620. The fourth-order valence-corrected chi connectivity index (χ4v) is 0.441. The Morgan fingerprint density at radius 3 is 2.33 bits per heavy atom. The van der Waals surface area contributed by atoms with Crippen molar-refractivity contribution in [3.05, 3.63) is 0 Å². The highest BCUT2D eigenvalue weighted by molar-refractivity contribution is 4.99. The normalized spacial score (nSPS) is 13.2. The Bertz CT molecular complexity index is 106. The summed E-state index contributed by atoms with van der Waals surface area (Å²) in [6.07, 6.45) is 2.30. The van der Waals surface area contributed by atoms with Gasteiger partial charge in [-0.2, -0.15) is 0 Å². The van der Waals surface area contributed by atoms with E-state index in [9.17, 15) is 8.78 Å². The van der Waals surface area contributed by atoms with Crippen LogP contribution in [0.4, 0.5) is 8.78 Å². The second kappa shape index (κ2) is 4.28. The lowest BCUT2D eigenvalue weighted by Gasteiger charge is -2.08. The molecule has 0 radical (unpaired) electrons. The van der Waals surface area contributed by atoms with Crippen LogP contribution in [0.1, 0.15) is 6.92 Å². The zero-order chi connectivity index (χ0) is 7.28. The van der Waals surface area contributed by atoms with Crippen molar-refractivity contribution >= 4 is 0 Å². The predicted octanol–water partition coefficient (Wildman–Crippen LogP) is 0.863. The molecule has 1 nitrogen and oxygen atoms in total. The summed E-state index contributed by atoms with van der Waals surface area (Å²) >= 11 is 0. The van der Waals surface area contributed by atoms with E-state index >= 15 is 0 Å². The molecule has 0 saturated heterocycles. The van der Waals surface area contributed by atoms with Crippen LogP contribution in [-0.4, -0.2) is 19.0 Å². The van der Waals surface area contributed by atoms with E-state index in [1.807, 2.05) is 5.92 Å². The van der Waals surface area contributed by atoms with Crippen LogP contribution in [0.5, 0.6) is 0 Å². The van der Waals surface area contributed by atoms with Crippen molar-refractivity contribution < 1.29 is 8.78 Å². The quantitative estimate of drug-likeness (QED) is 0.563. The highest BCUT2D eigenvalue weighted by Crippen LogP contribution is 1.97. The van der Waals surface area contributed by atoms with Gasteiger partial charge in [0.25, 0.3) is 6.43 Å². The average Bonchev–Trinajstić information content (AvgIpc) is 1.82. The third kappa shape index (κ3) is 3.04. The van der Waals surface area contributed by atoms with E-state index in [1.54, 1.807) is 6.92 Å². The number of rotatable bonds is 3. The van der Waals surface area contributed by atoms with E-state index in [1.165, 1.54) is 0 Å². The molecule has 52 valence electrons. The number of hydrogen-bond acceptors (Lipinski definition) is 1. The zero-order valence-electron chi connectivity index (χ0n) is 5.20. The van der Waals surface area contributed by atoms with Crippen molar-refractivity contribution in [2.24, 2.45) is 0 Å². The van der Waals surface area contributed by atoms with Gasteiger partial charge in [0.2, 0.25) is 0 Å². The molecule has 1 N–H and O–H groups in total. The van der Waals surface area contributed by atoms with E-state index in [4.69, 9.17) is 6.42 Å². The first-order chi connectivity index (χ1) is 4.22. The molecule has 0 heterocycles. The Morgan fingerprint density at radius 1 is 1.67 bits per heavy atom. The van der Waals surface area contributed by atoms with Crippen LogP contribution >= 0.6 is 0 Å². The van der Waals surface area contributed by atoms with Crippen molar-refractivity contribution in [2.75, 3.05) is 6.54 Å². The van der Waals surface area contributed by atoms with Crippen LogP contribution in [0.2, 0.25) is 0 Å². The van der Waals surface area contributed by atoms with Gasteiger partial charge in [-0.05, 0) is 6.54 Å². The number of terminal acetylenes is 1. The van der Waals surface area contributed by atoms with Crippen molar-refractivity contribution in [1.29, 1.82) is 0 Å². The fraction of sp³-hybridized carbons (Fsp3) is 0.667. The van der Waals surface area contributed by atoms with E-state index in [0.717, 1.165) is 0 Å². The van der Waals surface area contributed by atoms with Gasteiger partial charge < -0.3 is 0 Å². The molecule has 0 rings (SSSR count). The van der Waals surface area contributed by atoms with Gasteiger partial charge >= 0.3 is 0 Å². The minimum Gasteiger partial charge on any atom is -0.299 e. The predicted molar refractivity (Wildman–Crippen MR) is 32.3 cm³/mol. The third-order valence-electron chi connectivity index (χ3n) is 0.856. The van der Waals surface area contributed by atoms with E-state index in [0.29, 0.717) is 6.54 Å². The summed E-state index contributed by atoms with van der Waals surface area (Å²) in [5.41, 5.74) is 0. The van der Waals surface area contributed by atoms with E-state index < -0.39 is 12.5 Å². The van der Waals surface area contributed by atoms with Gasteiger partial charge in [-0.15, -0.1) is 6.42 Å². The molecule has 0 fully saturated rings.